The van der Waals surface area contributed by atoms with Crippen molar-refractivity contribution < 1.29 is 31.5 Å². The van der Waals surface area contributed by atoms with Gasteiger partial charge in [0.2, 0.25) is 6.20 Å². The molecule has 0 fully saturated rings. The molecule has 0 aliphatic heterocycles. The number of halogens is 1. The van der Waals surface area contributed by atoms with Crippen LogP contribution in [0.25, 0.3) is 10.9 Å². The Kier molecular flexibility index (Phi) is 5.57. The van der Waals surface area contributed by atoms with E-state index in [0.29, 0.717) is 6.61 Å². The lowest BCUT2D eigenvalue weighted by Gasteiger charge is -2.04. The van der Waals surface area contributed by atoms with E-state index in [1.54, 1.807) is 6.20 Å². The van der Waals surface area contributed by atoms with Crippen LogP contribution < -0.4 is 22.0 Å². The zero-order valence-corrected chi connectivity index (χ0v) is 11.6. The molecular weight excluding hydrogens is 266 g/mol. The van der Waals surface area contributed by atoms with E-state index < -0.39 is 6.16 Å². The van der Waals surface area contributed by atoms with Crippen LogP contribution in [0.4, 0.5) is 4.79 Å². The normalized spacial score (nSPS) is 10.1. The van der Waals surface area contributed by atoms with Gasteiger partial charge in [-0.3, -0.25) is 0 Å². The minimum atomic E-state index is -0.690. The minimum absolute atomic E-state index is 0. The first-order valence-electron chi connectivity index (χ1n) is 5.91. The van der Waals surface area contributed by atoms with Crippen molar-refractivity contribution in [3.05, 3.63) is 42.6 Å². The number of nitrogens with zero attached hydrogens (tertiary/aromatic N) is 1. The van der Waals surface area contributed by atoms with Crippen LogP contribution in [0, 0.1) is 5.92 Å². The molecule has 0 aliphatic rings. The number of pyridine rings is 1. The predicted octanol–water partition coefficient (Wildman–Crippen LogP) is -0.647. The highest BCUT2D eigenvalue weighted by atomic mass is 35.5. The van der Waals surface area contributed by atoms with Gasteiger partial charge in [0.25, 0.3) is 5.52 Å². The Hall–Kier alpha value is -1.81. The molecule has 0 aliphatic carbocycles. The van der Waals surface area contributed by atoms with Crippen molar-refractivity contribution >= 4 is 17.1 Å². The summed E-state index contributed by atoms with van der Waals surface area (Å²) in [4.78, 5) is 16.6. The second-order valence-corrected chi connectivity index (χ2v) is 4.44. The van der Waals surface area contributed by atoms with Crippen LogP contribution in [0.15, 0.2) is 42.6 Å². The zero-order chi connectivity index (χ0) is 13.0. The Morgan fingerprint density at radius 2 is 1.89 bits per heavy atom. The molecule has 2 rings (SSSR count). The molecule has 1 heterocycles. The van der Waals surface area contributed by atoms with Crippen LogP contribution in [0.2, 0.25) is 0 Å². The maximum atomic E-state index is 11.5. The van der Waals surface area contributed by atoms with Crippen molar-refractivity contribution in [3.63, 3.8) is 0 Å². The molecule has 0 amide bonds. The van der Waals surface area contributed by atoms with Gasteiger partial charge >= 0.3 is 6.16 Å². The van der Waals surface area contributed by atoms with E-state index in [2.05, 4.69) is 0 Å². The summed E-state index contributed by atoms with van der Waals surface area (Å²) in [5.41, 5.74) is 0.821. The smallest absolute Gasteiger partial charge is 0.572 e. The summed E-state index contributed by atoms with van der Waals surface area (Å²) >= 11 is 0. The summed E-state index contributed by atoms with van der Waals surface area (Å²) in [7, 11) is 0. The number of benzene rings is 1. The zero-order valence-electron chi connectivity index (χ0n) is 10.9. The molecule has 0 unspecified atom stereocenters. The van der Waals surface area contributed by atoms with Crippen molar-refractivity contribution in [3.8, 4) is 0 Å². The van der Waals surface area contributed by atoms with Gasteiger partial charge in [-0.2, -0.15) is 4.79 Å². The summed E-state index contributed by atoms with van der Waals surface area (Å²) in [6.07, 6.45) is 0.990. The number of rotatable bonds is 3. The molecule has 0 radical (unpaired) electrons. The van der Waals surface area contributed by atoms with Crippen LogP contribution in [0.5, 0.6) is 0 Å². The largest absolute Gasteiger partial charge is 1.00 e. The number of fused-ring (bicyclic) bond motifs is 1. The number of carbonyl (C=O) groups excluding carboxylic acids is 1. The van der Waals surface area contributed by atoms with Crippen LogP contribution in [-0.4, -0.2) is 12.8 Å². The van der Waals surface area contributed by atoms with Crippen LogP contribution in [0.3, 0.4) is 0 Å². The Balaban J connectivity index is 0.00000180. The second-order valence-electron chi connectivity index (χ2n) is 4.44. The highest BCUT2D eigenvalue weighted by Crippen LogP contribution is 2.07. The molecule has 19 heavy (non-hydrogen) atoms. The maximum Gasteiger partial charge on any atom is 0.572 e. The van der Waals surface area contributed by atoms with Crippen molar-refractivity contribution in [1.29, 1.82) is 0 Å². The number of ether oxygens (including phenoxy) is 1. The van der Waals surface area contributed by atoms with Gasteiger partial charge in [-0.1, -0.05) is 26.0 Å². The Bertz CT molecular complexity index is 552. The number of hydrogen-bond acceptors (Lipinski definition) is 3. The third-order valence-electron chi connectivity index (χ3n) is 2.38. The van der Waals surface area contributed by atoms with E-state index in [1.807, 2.05) is 50.2 Å². The molecule has 0 spiro atoms. The van der Waals surface area contributed by atoms with Gasteiger partial charge in [-0.15, -0.1) is 4.84 Å². The van der Waals surface area contributed by atoms with Crippen molar-refractivity contribution in [2.24, 2.45) is 5.92 Å². The fourth-order valence-corrected chi connectivity index (χ4v) is 1.56. The molecule has 4 nitrogen and oxygen atoms in total. The van der Waals surface area contributed by atoms with Gasteiger partial charge in [-0.05, 0) is 18.1 Å². The fraction of sp³-hybridized carbons (Fsp3) is 0.286. The highest BCUT2D eigenvalue weighted by Gasteiger charge is 2.16. The van der Waals surface area contributed by atoms with Crippen LogP contribution >= 0.6 is 0 Å². The standard InChI is InChI=1S/C14H16NO3.ClH/c1-11(2)10-17-14(16)18-15-9-5-7-12-6-3-4-8-13(12)15;/h3-9,11H,10H2,1-2H3;1H/q+1;/p-1. The topological polar surface area (TPSA) is 39.4 Å². The highest BCUT2D eigenvalue weighted by molar-refractivity contribution is 5.75. The van der Waals surface area contributed by atoms with E-state index in [-0.39, 0.29) is 18.3 Å². The first kappa shape index (κ1) is 15.2. The van der Waals surface area contributed by atoms with Crippen molar-refractivity contribution in [1.82, 2.24) is 0 Å². The quantitative estimate of drug-likeness (QED) is 0.555. The molecule has 102 valence electrons. The molecule has 0 saturated carbocycles. The van der Waals surface area contributed by atoms with E-state index in [4.69, 9.17) is 9.57 Å². The van der Waals surface area contributed by atoms with Gasteiger partial charge in [-0.25, -0.2) is 0 Å². The van der Waals surface area contributed by atoms with Crippen LogP contribution in [-0.2, 0) is 4.74 Å². The summed E-state index contributed by atoms with van der Waals surface area (Å²) in [5.74, 6) is 0.287. The third kappa shape index (κ3) is 4.10. The maximum absolute atomic E-state index is 11.5. The molecule has 0 saturated heterocycles. The second kappa shape index (κ2) is 6.95. The average Bonchev–Trinajstić information content (AvgIpc) is 2.37. The average molecular weight is 282 g/mol. The molecule has 0 bridgehead atoms. The molecule has 2 aromatic rings. The van der Waals surface area contributed by atoms with Gasteiger partial charge in [0.1, 0.15) is 0 Å². The lowest BCUT2D eigenvalue weighted by Crippen LogP contribution is -3.00. The SMILES string of the molecule is CC(C)COC(=O)O[n+]1cccc2ccccc21.[Cl-]. The van der Waals surface area contributed by atoms with E-state index in [9.17, 15) is 4.79 Å². The monoisotopic (exact) mass is 281 g/mol. The lowest BCUT2D eigenvalue weighted by atomic mass is 10.2. The Morgan fingerprint density at radius 3 is 2.63 bits per heavy atom. The van der Waals surface area contributed by atoms with E-state index in [1.165, 1.54) is 4.73 Å². The predicted molar refractivity (Wildman–Crippen MR) is 66.9 cm³/mol. The summed E-state index contributed by atoms with van der Waals surface area (Å²) in [6.45, 7) is 4.29. The summed E-state index contributed by atoms with van der Waals surface area (Å²) < 4.78 is 6.39. The molecule has 1 aromatic heterocycles. The Morgan fingerprint density at radius 1 is 1.21 bits per heavy atom. The molecule has 0 atom stereocenters. The van der Waals surface area contributed by atoms with Gasteiger partial charge in [0, 0.05) is 16.9 Å². The minimum Gasteiger partial charge on any atom is -1.00 e. The molecule has 1 aromatic carbocycles. The number of carbonyl (C=O) groups is 1. The van der Waals surface area contributed by atoms with Gasteiger partial charge in [0.05, 0.1) is 12.0 Å². The molecule has 0 N–H and O–H groups in total. The first-order valence-corrected chi connectivity index (χ1v) is 5.91. The number of hydrogen-bond donors (Lipinski definition) is 0. The summed E-state index contributed by atoms with van der Waals surface area (Å²) in [6, 6.07) is 11.4. The van der Waals surface area contributed by atoms with Crippen molar-refractivity contribution in [2.45, 2.75) is 13.8 Å². The molecular formula is C14H16ClNO3. The van der Waals surface area contributed by atoms with E-state index in [0.717, 1.165) is 10.9 Å². The van der Waals surface area contributed by atoms with Crippen LogP contribution in [0.1, 0.15) is 13.8 Å². The fourth-order valence-electron chi connectivity index (χ4n) is 1.56. The van der Waals surface area contributed by atoms with Crippen molar-refractivity contribution in [2.75, 3.05) is 6.61 Å². The molecule has 5 heteroatoms. The third-order valence-corrected chi connectivity index (χ3v) is 2.38. The Labute approximate surface area is 118 Å². The first-order chi connectivity index (χ1) is 8.66. The van der Waals surface area contributed by atoms with Gasteiger partial charge < -0.3 is 17.1 Å². The van der Waals surface area contributed by atoms with Gasteiger partial charge in [0.15, 0.2) is 0 Å². The number of aromatic nitrogens is 1. The lowest BCUT2D eigenvalue weighted by molar-refractivity contribution is -0.849. The summed E-state index contributed by atoms with van der Waals surface area (Å²) in [5, 5.41) is 0.997. The number of para-hydroxylation sites is 1. The van der Waals surface area contributed by atoms with E-state index >= 15 is 0 Å².